The number of aromatic amines is 1. The Hall–Kier alpha value is -3.76. The molecule has 0 radical (unpaired) electrons. The second-order valence-electron chi connectivity index (χ2n) is 7.35. The highest BCUT2D eigenvalue weighted by atomic mass is 16.6. The van der Waals surface area contributed by atoms with E-state index in [0.717, 1.165) is 22.2 Å². The van der Waals surface area contributed by atoms with E-state index in [-0.39, 0.29) is 5.69 Å². The largest absolute Gasteiger partial charge is 0.480 e. The van der Waals surface area contributed by atoms with Crippen LogP contribution in [0.25, 0.3) is 10.9 Å². The van der Waals surface area contributed by atoms with Gasteiger partial charge < -0.3 is 20.5 Å². The lowest BCUT2D eigenvalue weighted by atomic mass is 9.90. The number of benzene rings is 2. The molecule has 5 N–H and O–H groups in total. The number of hydrogen-bond donors (Lipinski definition) is 5. The number of para-hydroxylation sites is 1. The standard InChI is InChI=1S/C21H20N4O6/c26-10-17(21(28)29)24-20(27)16-9-14-13-3-1-2-4-15(13)22-19(14)18(23-16)11-5-7-12(8-6-11)25(30)31/h1-8,16-18,22-23,26H,9-10H2,(H,24,27)(H,28,29)/t16-,17-,18-/m0/s1. The lowest BCUT2D eigenvalue weighted by molar-refractivity contribution is -0.384. The molecule has 0 saturated carbocycles. The molecule has 10 nitrogen and oxygen atoms in total. The van der Waals surface area contributed by atoms with Crippen molar-refractivity contribution in [3.63, 3.8) is 0 Å². The molecule has 4 rings (SSSR count). The summed E-state index contributed by atoms with van der Waals surface area (Å²) in [5, 5.41) is 35.9. The fourth-order valence-corrected chi connectivity index (χ4v) is 3.91. The Kier molecular flexibility index (Phi) is 5.40. The summed E-state index contributed by atoms with van der Waals surface area (Å²) in [7, 11) is 0. The van der Waals surface area contributed by atoms with Crippen LogP contribution in [-0.4, -0.2) is 50.7 Å². The topological polar surface area (TPSA) is 158 Å². The molecule has 1 aliphatic heterocycles. The highest BCUT2D eigenvalue weighted by Crippen LogP contribution is 2.35. The molecule has 1 aromatic heterocycles. The van der Waals surface area contributed by atoms with Crippen molar-refractivity contribution in [2.24, 2.45) is 0 Å². The van der Waals surface area contributed by atoms with Gasteiger partial charge in [-0.2, -0.15) is 0 Å². The number of fused-ring (bicyclic) bond motifs is 3. The van der Waals surface area contributed by atoms with E-state index < -0.39 is 41.5 Å². The number of aromatic nitrogens is 1. The van der Waals surface area contributed by atoms with E-state index in [1.807, 2.05) is 24.3 Å². The van der Waals surface area contributed by atoms with Gasteiger partial charge in [0.1, 0.15) is 6.04 Å². The maximum Gasteiger partial charge on any atom is 0.328 e. The molecule has 2 heterocycles. The summed E-state index contributed by atoms with van der Waals surface area (Å²) >= 11 is 0. The number of H-pyrrole nitrogens is 1. The SMILES string of the molecule is O=C(O)[C@H](CO)NC(=O)[C@@H]1Cc2c([nH]c3ccccc23)[C@H](c2ccc([N+](=O)[O-])cc2)N1. The minimum absolute atomic E-state index is 0.0435. The van der Waals surface area contributed by atoms with Gasteiger partial charge in [-0.05, 0) is 23.6 Å². The van der Waals surface area contributed by atoms with Gasteiger partial charge in [0.2, 0.25) is 5.91 Å². The molecule has 0 saturated heterocycles. The Morgan fingerprint density at radius 1 is 1.19 bits per heavy atom. The summed E-state index contributed by atoms with van der Waals surface area (Å²) in [6, 6.07) is 11.0. The third kappa shape index (κ3) is 3.86. The molecular weight excluding hydrogens is 404 g/mol. The van der Waals surface area contributed by atoms with Crippen LogP contribution in [0.5, 0.6) is 0 Å². The fraction of sp³-hybridized carbons (Fsp3) is 0.238. The van der Waals surface area contributed by atoms with Gasteiger partial charge >= 0.3 is 5.97 Å². The van der Waals surface area contributed by atoms with Crippen LogP contribution < -0.4 is 10.6 Å². The highest BCUT2D eigenvalue weighted by molar-refractivity contribution is 5.90. The molecule has 31 heavy (non-hydrogen) atoms. The second kappa shape index (κ2) is 8.17. The number of aliphatic carboxylic acids is 1. The Bertz CT molecular complexity index is 1160. The minimum Gasteiger partial charge on any atom is -0.480 e. The van der Waals surface area contributed by atoms with Crippen LogP contribution in [0.4, 0.5) is 5.69 Å². The van der Waals surface area contributed by atoms with Gasteiger partial charge in [0.15, 0.2) is 0 Å². The number of nitrogens with one attached hydrogen (secondary N) is 3. The van der Waals surface area contributed by atoms with Gasteiger partial charge in [0.05, 0.1) is 23.6 Å². The zero-order valence-electron chi connectivity index (χ0n) is 16.2. The maximum absolute atomic E-state index is 12.8. The average Bonchev–Trinajstić information content (AvgIpc) is 3.15. The van der Waals surface area contributed by atoms with Crippen molar-refractivity contribution in [2.45, 2.75) is 24.5 Å². The van der Waals surface area contributed by atoms with Crippen LogP contribution in [0, 0.1) is 10.1 Å². The van der Waals surface area contributed by atoms with E-state index in [1.54, 1.807) is 12.1 Å². The van der Waals surface area contributed by atoms with Crippen molar-refractivity contribution in [3.05, 3.63) is 75.5 Å². The summed E-state index contributed by atoms with van der Waals surface area (Å²) < 4.78 is 0. The smallest absolute Gasteiger partial charge is 0.328 e. The van der Waals surface area contributed by atoms with Crippen LogP contribution in [0.1, 0.15) is 22.9 Å². The van der Waals surface area contributed by atoms with Crippen molar-refractivity contribution in [1.82, 2.24) is 15.6 Å². The van der Waals surface area contributed by atoms with Crippen molar-refractivity contribution in [2.75, 3.05) is 6.61 Å². The van der Waals surface area contributed by atoms with E-state index in [0.29, 0.717) is 12.0 Å². The summed E-state index contributed by atoms with van der Waals surface area (Å²) in [6.45, 7) is -0.724. The molecule has 10 heteroatoms. The summed E-state index contributed by atoms with van der Waals surface area (Å²) in [6.07, 6.45) is 0.312. The first kappa shape index (κ1) is 20.5. The lowest BCUT2D eigenvalue weighted by Gasteiger charge is -2.31. The van der Waals surface area contributed by atoms with Crippen LogP contribution in [0.2, 0.25) is 0 Å². The van der Waals surface area contributed by atoms with E-state index in [1.165, 1.54) is 12.1 Å². The van der Waals surface area contributed by atoms with Crippen molar-refractivity contribution in [3.8, 4) is 0 Å². The Labute approximate surface area is 176 Å². The number of carboxylic acid groups (broad SMARTS) is 1. The van der Waals surface area contributed by atoms with Crippen LogP contribution in [-0.2, 0) is 16.0 Å². The molecule has 0 unspecified atom stereocenters. The molecule has 1 aliphatic rings. The predicted molar refractivity (Wildman–Crippen MR) is 111 cm³/mol. The third-order valence-electron chi connectivity index (χ3n) is 5.46. The lowest BCUT2D eigenvalue weighted by Crippen LogP contribution is -2.54. The van der Waals surface area contributed by atoms with Gasteiger partial charge in [-0.25, -0.2) is 4.79 Å². The summed E-state index contributed by atoms with van der Waals surface area (Å²) in [5.41, 5.74) is 3.32. The number of aliphatic hydroxyl groups is 1. The fourth-order valence-electron chi connectivity index (χ4n) is 3.91. The first-order valence-electron chi connectivity index (χ1n) is 9.63. The van der Waals surface area contributed by atoms with Crippen molar-refractivity contribution >= 4 is 28.5 Å². The molecule has 0 spiro atoms. The summed E-state index contributed by atoms with van der Waals surface area (Å²) in [5.74, 6) is -1.88. The number of carbonyl (C=O) groups excluding carboxylic acids is 1. The Morgan fingerprint density at radius 3 is 2.55 bits per heavy atom. The number of nitro benzene ring substituents is 1. The number of non-ortho nitro benzene ring substituents is 1. The zero-order chi connectivity index (χ0) is 22.1. The van der Waals surface area contributed by atoms with E-state index in [2.05, 4.69) is 15.6 Å². The number of amides is 1. The Morgan fingerprint density at radius 2 is 1.90 bits per heavy atom. The molecule has 3 aromatic rings. The normalized spacial score (nSPS) is 18.9. The van der Waals surface area contributed by atoms with Gasteiger partial charge in [-0.3, -0.25) is 20.2 Å². The van der Waals surface area contributed by atoms with E-state index in [9.17, 15) is 24.8 Å². The number of carboxylic acids is 1. The highest BCUT2D eigenvalue weighted by Gasteiger charge is 2.35. The Balaban J connectivity index is 1.73. The third-order valence-corrected chi connectivity index (χ3v) is 5.46. The first-order chi connectivity index (χ1) is 14.9. The number of carbonyl (C=O) groups is 2. The quantitative estimate of drug-likeness (QED) is 0.294. The van der Waals surface area contributed by atoms with Crippen molar-refractivity contribution in [1.29, 1.82) is 0 Å². The van der Waals surface area contributed by atoms with Crippen LogP contribution in [0.15, 0.2) is 48.5 Å². The molecule has 1 amide bonds. The number of aliphatic hydroxyl groups excluding tert-OH is 1. The molecule has 3 atom stereocenters. The molecule has 0 fully saturated rings. The summed E-state index contributed by atoms with van der Waals surface area (Å²) in [4.78, 5) is 37.9. The van der Waals surface area contributed by atoms with Gasteiger partial charge in [0, 0.05) is 28.7 Å². The predicted octanol–water partition coefficient (Wildman–Crippen LogP) is 1.24. The van der Waals surface area contributed by atoms with Crippen molar-refractivity contribution < 1.29 is 24.7 Å². The molecule has 0 bridgehead atoms. The van der Waals surface area contributed by atoms with Gasteiger partial charge in [-0.15, -0.1) is 0 Å². The zero-order valence-corrected chi connectivity index (χ0v) is 16.2. The van der Waals surface area contributed by atoms with E-state index in [4.69, 9.17) is 5.11 Å². The number of nitro groups is 1. The number of hydrogen-bond acceptors (Lipinski definition) is 6. The minimum atomic E-state index is -1.41. The second-order valence-corrected chi connectivity index (χ2v) is 7.35. The first-order valence-corrected chi connectivity index (χ1v) is 9.63. The monoisotopic (exact) mass is 424 g/mol. The van der Waals surface area contributed by atoms with E-state index >= 15 is 0 Å². The van der Waals surface area contributed by atoms with Gasteiger partial charge in [-0.1, -0.05) is 30.3 Å². The average molecular weight is 424 g/mol. The van der Waals surface area contributed by atoms with Crippen LogP contribution >= 0.6 is 0 Å². The molecule has 160 valence electrons. The molecule has 2 aromatic carbocycles. The number of rotatable bonds is 6. The number of nitrogens with zero attached hydrogens (tertiary/aromatic N) is 1. The molecule has 0 aliphatic carbocycles. The van der Waals surface area contributed by atoms with Gasteiger partial charge in [0.25, 0.3) is 5.69 Å². The molecular formula is C21H20N4O6. The maximum atomic E-state index is 12.8. The van der Waals surface area contributed by atoms with Crippen LogP contribution in [0.3, 0.4) is 0 Å².